The van der Waals surface area contributed by atoms with Crippen LogP contribution in [0.25, 0.3) is 5.57 Å². The molecule has 2 unspecified atom stereocenters. The van der Waals surface area contributed by atoms with Gasteiger partial charge in [-0.1, -0.05) is 71.6 Å². The van der Waals surface area contributed by atoms with E-state index < -0.39 is 0 Å². The molecular formula is C28H45Cl2N3O2S. The fraction of sp³-hybridized carbons (Fsp3) is 0.607. The quantitative estimate of drug-likeness (QED) is 0.395. The number of thiazole rings is 1. The SMILES string of the molecule is C.CC(C)[C@H](CN1CC[C@H](C2=CCC(Cl)C=C2)C(C)(C)C1)Nc1nc(C2=CC=CCC2Cl)cs1.O.O. The first-order valence-corrected chi connectivity index (χ1v) is 14.0. The summed E-state index contributed by atoms with van der Waals surface area (Å²) in [6, 6.07) is 0.356. The van der Waals surface area contributed by atoms with Crippen molar-refractivity contribution in [3.63, 3.8) is 0 Å². The van der Waals surface area contributed by atoms with Crippen LogP contribution < -0.4 is 5.32 Å². The number of likely N-dealkylation sites (tertiary alicyclic amines) is 1. The summed E-state index contributed by atoms with van der Waals surface area (Å²) in [5.41, 5.74) is 3.85. The number of hydrogen-bond donors (Lipinski definition) is 1. The van der Waals surface area contributed by atoms with E-state index in [0.29, 0.717) is 17.9 Å². The lowest BCUT2D eigenvalue weighted by molar-refractivity contribution is 0.0688. The minimum Gasteiger partial charge on any atom is -0.412 e. The Hall–Kier alpha value is -1.15. The van der Waals surface area contributed by atoms with Crippen molar-refractivity contribution in [3.05, 3.63) is 53.1 Å². The standard InChI is InChI=1S/C27H37Cl2N3S.CH4.2H2O/c1-18(2)24(30-26-31-25(16-33-26)21-7-5-6-8-23(21)29)15-32-14-13-22(27(3,4)17-32)19-9-11-20(28)12-10-19;;;/h5-7,9-11,16,18,20,22-24H,8,12-15,17H2,1-4H3,(H,30,31);1H4;2*1H2/t20?,22-,23?,24+;;;/m1.../s1. The third-order valence-corrected chi connectivity index (χ3v) is 8.76. The molecule has 1 aromatic rings. The smallest absolute Gasteiger partial charge is 0.183 e. The van der Waals surface area contributed by atoms with Crippen molar-refractivity contribution in [2.75, 3.05) is 25.0 Å². The molecule has 1 fully saturated rings. The monoisotopic (exact) mass is 557 g/mol. The summed E-state index contributed by atoms with van der Waals surface area (Å²) < 4.78 is 0. The van der Waals surface area contributed by atoms with E-state index in [1.54, 1.807) is 11.3 Å². The zero-order valence-electron chi connectivity index (χ0n) is 21.2. The lowest BCUT2D eigenvalue weighted by Gasteiger charge is -2.46. The highest BCUT2D eigenvalue weighted by Gasteiger charge is 2.38. The van der Waals surface area contributed by atoms with Gasteiger partial charge >= 0.3 is 0 Å². The van der Waals surface area contributed by atoms with E-state index in [1.807, 2.05) is 0 Å². The Kier molecular flexibility index (Phi) is 12.9. The van der Waals surface area contributed by atoms with Crippen LogP contribution in [0.15, 0.2) is 47.4 Å². The van der Waals surface area contributed by atoms with Crippen LogP contribution in [0.1, 0.15) is 60.1 Å². The zero-order chi connectivity index (χ0) is 23.6. The molecule has 4 atom stereocenters. The van der Waals surface area contributed by atoms with Crippen LogP contribution in [-0.2, 0) is 0 Å². The van der Waals surface area contributed by atoms with E-state index in [2.05, 4.69) is 79.7 Å². The van der Waals surface area contributed by atoms with Gasteiger partial charge in [0.25, 0.3) is 0 Å². The van der Waals surface area contributed by atoms with E-state index >= 15 is 0 Å². The van der Waals surface area contributed by atoms with Crippen LogP contribution in [0.4, 0.5) is 5.13 Å². The predicted octanol–water partition coefficient (Wildman–Crippen LogP) is 6.36. The Morgan fingerprint density at radius 3 is 2.58 bits per heavy atom. The maximum absolute atomic E-state index is 6.52. The van der Waals surface area contributed by atoms with Crippen molar-refractivity contribution >= 4 is 45.2 Å². The Labute approximate surface area is 232 Å². The lowest BCUT2D eigenvalue weighted by Crippen LogP contribution is -2.50. The van der Waals surface area contributed by atoms with Gasteiger partial charge in [-0.25, -0.2) is 4.98 Å². The fourth-order valence-corrected chi connectivity index (χ4v) is 6.52. The molecule has 204 valence electrons. The first-order chi connectivity index (χ1) is 15.7. The highest BCUT2D eigenvalue weighted by atomic mass is 35.5. The number of halogens is 2. The second-order valence-electron chi connectivity index (χ2n) is 10.7. The summed E-state index contributed by atoms with van der Waals surface area (Å²) in [4.78, 5) is 7.53. The Bertz CT molecular complexity index is 954. The number of piperidine rings is 1. The Morgan fingerprint density at radius 1 is 1.22 bits per heavy atom. The zero-order valence-corrected chi connectivity index (χ0v) is 23.6. The maximum Gasteiger partial charge on any atom is 0.183 e. The number of nitrogens with one attached hydrogen (secondary N) is 1. The summed E-state index contributed by atoms with van der Waals surface area (Å²) in [7, 11) is 0. The van der Waals surface area contributed by atoms with Crippen LogP contribution in [0, 0.1) is 17.3 Å². The van der Waals surface area contributed by atoms with Crippen molar-refractivity contribution < 1.29 is 11.0 Å². The van der Waals surface area contributed by atoms with Gasteiger partial charge in [-0.2, -0.15) is 0 Å². The first-order valence-electron chi connectivity index (χ1n) is 12.2. The number of allylic oxidation sites excluding steroid dienone is 8. The van der Waals surface area contributed by atoms with Crippen molar-refractivity contribution in [1.82, 2.24) is 9.88 Å². The summed E-state index contributed by atoms with van der Waals surface area (Å²) in [5.74, 6) is 1.11. The number of aromatic nitrogens is 1. The minimum absolute atomic E-state index is 0. The van der Waals surface area contributed by atoms with E-state index in [0.717, 1.165) is 48.9 Å². The van der Waals surface area contributed by atoms with Gasteiger partial charge in [-0.3, -0.25) is 0 Å². The average molecular weight is 559 g/mol. The Balaban J connectivity index is 0.00000216. The summed E-state index contributed by atoms with van der Waals surface area (Å²) >= 11 is 14.5. The molecule has 2 aliphatic carbocycles. The molecule has 0 radical (unpaired) electrons. The molecule has 1 aromatic heterocycles. The molecule has 1 aliphatic heterocycles. The number of anilines is 1. The van der Waals surface area contributed by atoms with E-state index in [9.17, 15) is 0 Å². The predicted molar refractivity (Wildman–Crippen MR) is 160 cm³/mol. The molecule has 3 aliphatic rings. The van der Waals surface area contributed by atoms with Gasteiger partial charge in [0.2, 0.25) is 0 Å². The maximum atomic E-state index is 6.52. The van der Waals surface area contributed by atoms with E-state index in [4.69, 9.17) is 28.2 Å². The molecule has 5 N–H and O–H groups in total. The Morgan fingerprint density at radius 2 is 1.97 bits per heavy atom. The normalized spacial score (nSPS) is 26.1. The van der Waals surface area contributed by atoms with Gasteiger partial charge in [-0.15, -0.1) is 34.5 Å². The lowest BCUT2D eigenvalue weighted by atomic mass is 9.69. The van der Waals surface area contributed by atoms with Gasteiger partial charge < -0.3 is 21.2 Å². The highest BCUT2D eigenvalue weighted by Crippen LogP contribution is 2.41. The number of nitrogens with zero attached hydrogens (tertiary/aromatic N) is 2. The molecular weight excluding hydrogens is 513 g/mol. The molecule has 0 aromatic carbocycles. The molecule has 0 saturated carbocycles. The van der Waals surface area contributed by atoms with Gasteiger partial charge in [0.05, 0.1) is 16.4 Å². The van der Waals surface area contributed by atoms with Crippen LogP contribution in [-0.4, -0.2) is 57.3 Å². The molecule has 4 rings (SSSR count). The topological polar surface area (TPSA) is 91.2 Å². The summed E-state index contributed by atoms with van der Waals surface area (Å²) in [6.07, 6.45) is 16.1. The number of hydrogen-bond acceptors (Lipinski definition) is 4. The minimum atomic E-state index is 0. The van der Waals surface area contributed by atoms with Gasteiger partial charge in [0, 0.05) is 24.5 Å². The second kappa shape index (κ2) is 14.1. The molecule has 0 amide bonds. The summed E-state index contributed by atoms with van der Waals surface area (Å²) in [5, 5.41) is 7.04. The van der Waals surface area contributed by atoms with Crippen LogP contribution in [0.2, 0.25) is 0 Å². The van der Waals surface area contributed by atoms with Crippen molar-refractivity contribution in [2.24, 2.45) is 17.3 Å². The van der Waals surface area contributed by atoms with Gasteiger partial charge in [0.1, 0.15) is 0 Å². The van der Waals surface area contributed by atoms with Gasteiger partial charge in [0.15, 0.2) is 5.13 Å². The summed E-state index contributed by atoms with van der Waals surface area (Å²) in [6.45, 7) is 12.7. The fourth-order valence-electron chi connectivity index (χ4n) is 5.29. The van der Waals surface area contributed by atoms with E-state index in [-0.39, 0.29) is 34.5 Å². The van der Waals surface area contributed by atoms with Crippen LogP contribution >= 0.6 is 34.5 Å². The third-order valence-electron chi connectivity index (χ3n) is 7.25. The molecule has 2 heterocycles. The van der Waals surface area contributed by atoms with E-state index in [1.165, 1.54) is 12.0 Å². The first kappa shape index (κ1) is 32.9. The van der Waals surface area contributed by atoms with Crippen LogP contribution in [0.5, 0.6) is 0 Å². The molecule has 1 saturated heterocycles. The van der Waals surface area contributed by atoms with Crippen molar-refractivity contribution in [3.8, 4) is 0 Å². The van der Waals surface area contributed by atoms with Crippen LogP contribution in [0.3, 0.4) is 0 Å². The largest absolute Gasteiger partial charge is 0.412 e. The van der Waals surface area contributed by atoms with Gasteiger partial charge in [-0.05, 0) is 54.2 Å². The molecule has 0 spiro atoms. The highest BCUT2D eigenvalue weighted by molar-refractivity contribution is 7.13. The van der Waals surface area contributed by atoms with Crippen molar-refractivity contribution in [1.29, 1.82) is 0 Å². The number of alkyl halides is 2. The third kappa shape index (κ3) is 7.92. The van der Waals surface area contributed by atoms with Crippen molar-refractivity contribution in [2.45, 2.75) is 71.2 Å². The second-order valence-corrected chi connectivity index (χ2v) is 12.6. The molecule has 0 bridgehead atoms. The molecule has 8 heteroatoms. The average Bonchev–Trinajstić information content (AvgIpc) is 3.22. The number of rotatable bonds is 7. The molecule has 5 nitrogen and oxygen atoms in total. The molecule has 36 heavy (non-hydrogen) atoms.